The third kappa shape index (κ3) is 2.98. The van der Waals surface area contributed by atoms with Crippen LogP contribution in [0.15, 0.2) is 12.2 Å². The molecular formula is C11H16O3. The van der Waals surface area contributed by atoms with Crippen molar-refractivity contribution in [3.05, 3.63) is 12.2 Å². The van der Waals surface area contributed by atoms with E-state index in [1.54, 1.807) is 6.08 Å². The summed E-state index contributed by atoms with van der Waals surface area (Å²) >= 11 is 0. The predicted molar refractivity (Wildman–Crippen MR) is 53.0 cm³/mol. The van der Waals surface area contributed by atoms with Gasteiger partial charge in [-0.3, -0.25) is 0 Å². The van der Waals surface area contributed by atoms with Crippen LogP contribution in [0.5, 0.6) is 0 Å². The molecule has 0 atom stereocenters. The second kappa shape index (κ2) is 4.94. The van der Waals surface area contributed by atoms with Crippen molar-refractivity contribution < 1.29 is 14.7 Å². The van der Waals surface area contributed by atoms with Gasteiger partial charge in [0.2, 0.25) is 0 Å². The predicted octanol–water partition coefficient (Wildman–Crippen LogP) is 2.17. The van der Waals surface area contributed by atoms with Gasteiger partial charge in [0.15, 0.2) is 0 Å². The molecule has 1 N–H and O–H groups in total. The molecule has 1 fully saturated rings. The van der Waals surface area contributed by atoms with Crippen molar-refractivity contribution in [2.24, 2.45) is 5.41 Å². The van der Waals surface area contributed by atoms with Gasteiger partial charge in [0.25, 0.3) is 0 Å². The third-order valence-corrected chi connectivity index (χ3v) is 2.92. The summed E-state index contributed by atoms with van der Waals surface area (Å²) in [5.41, 5.74) is -0.168. The van der Waals surface area contributed by atoms with Gasteiger partial charge in [-0.2, -0.15) is 0 Å². The number of hydrogen-bond donors (Lipinski definition) is 1. The van der Waals surface area contributed by atoms with Crippen LogP contribution in [0, 0.1) is 5.41 Å². The molecule has 0 saturated heterocycles. The lowest BCUT2D eigenvalue weighted by Crippen LogP contribution is -2.22. The Morgan fingerprint density at radius 3 is 2.43 bits per heavy atom. The highest BCUT2D eigenvalue weighted by Gasteiger charge is 2.28. The molecule has 0 unspecified atom stereocenters. The number of carbonyl (C=O) groups excluding carboxylic acids is 1. The zero-order chi connectivity index (χ0) is 10.4. The van der Waals surface area contributed by atoms with Gasteiger partial charge in [-0.05, 0) is 18.3 Å². The van der Waals surface area contributed by atoms with Crippen molar-refractivity contribution in [3.8, 4) is 0 Å². The number of aldehydes is 1. The number of carbonyl (C=O) groups is 2. The van der Waals surface area contributed by atoms with Gasteiger partial charge >= 0.3 is 5.97 Å². The maximum Gasteiger partial charge on any atom is 0.327 e. The van der Waals surface area contributed by atoms with Crippen molar-refractivity contribution in [1.29, 1.82) is 0 Å². The highest BCUT2D eigenvalue weighted by molar-refractivity contribution is 5.80. The minimum Gasteiger partial charge on any atom is -0.478 e. The monoisotopic (exact) mass is 196 g/mol. The average molecular weight is 196 g/mol. The first-order valence-electron chi connectivity index (χ1n) is 5.04. The minimum atomic E-state index is -0.930. The Hall–Kier alpha value is -1.12. The topological polar surface area (TPSA) is 54.4 Å². The molecule has 0 aliphatic heterocycles. The quantitative estimate of drug-likeness (QED) is 0.553. The molecule has 3 nitrogen and oxygen atoms in total. The summed E-state index contributed by atoms with van der Waals surface area (Å²) in [6.07, 6.45) is 9.51. The Kier molecular flexibility index (Phi) is 3.86. The summed E-state index contributed by atoms with van der Waals surface area (Å²) in [5.74, 6) is -0.930. The fourth-order valence-corrected chi connectivity index (χ4v) is 2.11. The molecule has 78 valence electrons. The summed E-state index contributed by atoms with van der Waals surface area (Å²) in [5, 5.41) is 8.55. The summed E-state index contributed by atoms with van der Waals surface area (Å²) in [6.45, 7) is 0. The van der Waals surface area contributed by atoms with Gasteiger partial charge in [-0.25, -0.2) is 4.79 Å². The molecule has 0 bridgehead atoms. The molecule has 0 aromatic carbocycles. The van der Waals surface area contributed by atoms with Gasteiger partial charge in [0.05, 0.1) is 0 Å². The number of carboxylic acids is 1. The Balaban J connectivity index is 2.69. The van der Waals surface area contributed by atoms with E-state index >= 15 is 0 Å². The molecule has 3 heteroatoms. The van der Waals surface area contributed by atoms with Crippen LogP contribution in [0.3, 0.4) is 0 Å². The molecule has 1 aliphatic rings. The first kappa shape index (κ1) is 11.0. The van der Waals surface area contributed by atoms with E-state index in [0.29, 0.717) is 6.42 Å². The molecule has 1 rings (SSSR count). The summed E-state index contributed by atoms with van der Waals surface area (Å²) in [6, 6.07) is 0. The van der Waals surface area contributed by atoms with E-state index in [2.05, 4.69) is 0 Å². The summed E-state index contributed by atoms with van der Waals surface area (Å²) < 4.78 is 0. The van der Waals surface area contributed by atoms with E-state index < -0.39 is 5.97 Å². The maximum absolute atomic E-state index is 10.5. The van der Waals surface area contributed by atoms with Crippen LogP contribution in [0.25, 0.3) is 0 Å². The van der Waals surface area contributed by atoms with E-state index in [-0.39, 0.29) is 5.41 Å². The van der Waals surface area contributed by atoms with Gasteiger partial charge in [-0.15, -0.1) is 0 Å². The zero-order valence-corrected chi connectivity index (χ0v) is 8.24. The molecule has 0 heterocycles. The highest BCUT2D eigenvalue weighted by atomic mass is 16.4. The van der Waals surface area contributed by atoms with E-state index in [4.69, 9.17) is 5.11 Å². The van der Waals surface area contributed by atoms with Gasteiger partial charge in [0.1, 0.15) is 6.29 Å². The Morgan fingerprint density at radius 2 is 1.93 bits per heavy atom. The highest BCUT2D eigenvalue weighted by Crippen LogP contribution is 2.39. The van der Waals surface area contributed by atoms with Crippen molar-refractivity contribution >= 4 is 12.3 Å². The number of allylic oxidation sites excluding steroid dienone is 1. The van der Waals surface area contributed by atoms with Crippen LogP contribution in [0.2, 0.25) is 0 Å². The lowest BCUT2D eigenvalue weighted by Gasteiger charge is -2.32. The molecule has 0 radical (unpaired) electrons. The van der Waals surface area contributed by atoms with E-state index in [1.165, 1.54) is 12.5 Å². The van der Waals surface area contributed by atoms with Crippen molar-refractivity contribution in [2.45, 2.75) is 38.5 Å². The fraction of sp³-hybridized carbons (Fsp3) is 0.636. The first-order valence-corrected chi connectivity index (χ1v) is 5.04. The standard InChI is InChI=1S/C11H16O3/c12-9-8-11(7-4-10(13)14)5-2-1-3-6-11/h4,7,9H,1-3,5-6,8H2,(H,13,14)/b7-4-. The number of rotatable bonds is 4. The van der Waals surface area contributed by atoms with E-state index in [9.17, 15) is 9.59 Å². The smallest absolute Gasteiger partial charge is 0.327 e. The normalized spacial score (nSPS) is 20.9. The summed E-state index contributed by atoms with van der Waals surface area (Å²) in [7, 11) is 0. The maximum atomic E-state index is 10.5. The Morgan fingerprint density at radius 1 is 1.29 bits per heavy atom. The van der Waals surface area contributed by atoms with Crippen LogP contribution in [0.1, 0.15) is 38.5 Å². The molecule has 0 amide bonds. The van der Waals surface area contributed by atoms with Crippen LogP contribution in [-0.4, -0.2) is 17.4 Å². The second-order valence-corrected chi connectivity index (χ2v) is 3.97. The van der Waals surface area contributed by atoms with E-state index in [1.807, 2.05) is 0 Å². The Labute approximate surface area is 83.8 Å². The van der Waals surface area contributed by atoms with Gasteiger partial charge < -0.3 is 9.90 Å². The molecule has 0 spiro atoms. The SMILES string of the molecule is O=CCC1(/C=C\C(=O)O)CCCCC1. The van der Waals surface area contributed by atoms with Crippen molar-refractivity contribution in [1.82, 2.24) is 0 Å². The molecule has 1 aliphatic carbocycles. The van der Waals surface area contributed by atoms with Gasteiger partial charge in [-0.1, -0.05) is 25.3 Å². The third-order valence-electron chi connectivity index (χ3n) is 2.92. The largest absolute Gasteiger partial charge is 0.478 e. The van der Waals surface area contributed by atoms with Crippen molar-refractivity contribution in [3.63, 3.8) is 0 Å². The molecule has 14 heavy (non-hydrogen) atoms. The lowest BCUT2D eigenvalue weighted by molar-refractivity contribution is -0.131. The lowest BCUT2D eigenvalue weighted by atomic mass is 9.72. The number of aliphatic carboxylic acids is 1. The zero-order valence-electron chi connectivity index (χ0n) is 8.24. The summed E-state index contributed by atoms with van der Waals surface area (Å²) in [4.78, 5) is 21.0. The van der Waals surface area contributed by atoms with Crippen LogP contribution < -0.4 is 0 Å². The van der Waals surface area contributed by atoms with Crippen LogP contribution in [0.4, 0.5) is 0 Å². The molecule has 0 aromatic rings. The minimum absolute atomic E-state index is 0.168. The first-order chi connectivity index (χ1) is 6.68. The average Bonchev–Trinajstić information content (AvgIpc) is 2.17. The number of carboxylic acid groups (broad SMARTS) is 1. The van der Waals surface area contributed by atoms with Gasteiger partial charge in [0, 0.05) is 12.5 Å². The second-order valence-electron chi connectivity index (χ2n) is 3.97. The van der Waals surface area contributed by atoms with Crippen LogP contribution >= 0.6 is 0 Å². The van der Waals surface area contributed by atoms with E-state index in [0.717, 1.165) is 32.0 Å². The molecule has 1 saturated carbocycles. The fourth-order valence-electron chi connectivity index (χ4n) is 2.11. The van der Waals surface area contributed by atoms with Crippen LogP contribution in [-0.2, 0) is 9.59 Å². The number of hydrogen-bond acceptors (Lipinski definition) is 2. The molecular weight excluding hydrogens is 180 g/mol. The Bertz CT molecular complexity index is 237. The van der Waals surface area contributed by atoms with Crippen molar-refractivity contribution in [2.75, 3.05) is 0 Å². The molecule has 0 aromatic heterocycles.